The monoisotopic (exact) mass is 340 g/mol. The van der Waals surface area contributed by atoms with Gasteiger partial charge in [0.25, 0.3) is 5.56 Å². The van der Waals surface area contributed by atoms with E-state index in [1.54, 1.807) is 22.9 Å². The molecule has 0 fully saturated rings. The molecule has 0 aliphatic carbocycles. The number of aromatic nitrogens is 4. The molecule has 0 saturated carbocycles. The molecule has 0 aliphatic heterocycles. The molecule has 4 rings (SSSR count). The topological polar surface area (TPSA) is 78.0 Å². The SMILES string of the molecule is Cc1csc2nc(COC(=O)c3cn4ccccc4n3)cc(=O)n12. The van der Waals surface area contributed by atoms with Gasteiger partial charge in [0.2, 0.25) is 0 Å². The average Bonchev–Trinajstić information content (AvgIpc) is 3.16. The van der Waals surface area contributed by atoms with Gasteiger partial charge >= 0.3 is 5.97 Å². The van der Waals surface area contributed by atoms with E-state index in [4.69, 9.17) is 4.74 Å². The summed E-state index contributed by atoms with van der Waals surface area (Å²) < 4.78 is 8.50. The van der Waals surface area contributed by atoms with Crippen LogP contribution in [0.15, 0.2) is 46.8 Å². The number of ether oxygens (including phenoxy) is 1. The molecule has 4 heterocycles. The molecule has 0 aromatic carbocycles. The van der Waals surface area contributed by atoms with E-state index in [1.807, 2.05) is 24.4 Å². The van der Waals surface area contributed by atoms with Crippen molar-refractivity contribution in [2.24, 2.45) is 0 Å². The van der Waals surface area contributed by atoms with E-state index in [1.165, 1.54) is 21.8 Å². The molecule has 4 aromatic heterocycles. The number of esters is 1. The molecule has 24 heavy (non-hydrogen) atoms. The van der Waals surface area contributed by atoms with Gasteiger partial charge in [0.05, 0.1) is 5.69 Å². The second-order valence-electron chi connectivity index (χ2n) is 5.25. The summed E-state index contributed by atoms with van der Waals surface area (Å²) in [6.45, 7) is 1.77. The first-order valence-electron chi connectivity index (χ1n) is 7.19. The summed E-state index contributed by atoms with van der Waals surface area (Å²) in [5.74, 6) is -0.553. The predicted molar refractivity (Wildman–Crippen MR) is 88.4 cm³/mol. The lowest BCUT2D eigenvalue weighted by Crippen LogP contribution is -2.16. The first kappa shape index (κ1) is 14.6. The minimum absolute atomic E-state index is 0.0740. The van der Waals surface area contributed by atoms with E-state index < -0.39 is 5.97 Å². The highest BCUT2D eigenvalue weighted by atomic mass is 32.1. The van der Waals surface area contributed by atoms with Crippen LogP contribution in [0.25, 0.3) is 10.6 Å². The zero-order valence-corrected chi connectivity index (χ0v) is 13.5. The van der Waals surface area contributed by atoms with Gasteiger partial charge in [0.15, 0.2) is 10.7 Å². The Kier molecular flexibility index (Phi) is 3.39. The third kappa shape index (κ3) is 2.46. The maximum atomic E-state index is 12.1. The van der Waals surface area contributed by atoms with E-state index in [0.717, 1.165) is 5.69 Å². The molecule has 0 radical (unpaired) electrons. The Morgan fingerprint density at radius 3 is 3.04 bits per heavy atom. The van der Waals surface area contributed by atoms with E-state index in [-0.39, 0.29) is 17.9 Å². The second-order valence-corrected chi connectivity index (χ2v) is 6.09. The molecule has 4 aromatic rings. The summed E-state index contributed by atoms with van der Waals surface area (Å²) >= 11 is 1.37. The predicted octanol–water partition coefficient (Wildman–Crippen LogP) is 2.07. The van der Waals surface area contributed by atoms with Crippen LogP contribution in [0.5, 0.6) is 0 Å². The lowest BCUT2D eigenvalue weighted by Gasteiger charge is -2.03. The molecule has 0 spiro atoms. The zero-order valence-electron chi connectivity index (χ0n) is 12.7. The van der Waals surface area contributed by atoms with Crippen LogP contribution in [0.3, 0.4) is 0 Å². The van der Waals surface area contributed by atoms with Crippen LogP contribution in [0.4, 0.5) is 0 Å². The second kappa shape index (κ2) is 5.57. The van der Waals surface area contributed by atoms with E-state index >= 15 is 0 Å². The first-order chi connectivity index (χ1) is 11.6. The van der Waals surface area contributed by atoms with Gasteiger partial charge < -0.3 is 9.14 Å². The van der Waals surface area contributed by atoms with Gasteiger partial charge in [-0.15, -0.1) is 11.3 Å². The number of nitrogens with zero attached hydrogens (tertiary/aromatic N) is 4. The molecule has 0 atom stereocenters. The number of fused-ring (bicyclic) bond motifs is 2. The highest BCUT2D eigenvalue weighted by Crippen LogP contribution is 2.12. The third-order valence-electron chi connectivity index (χ3n) is 3.55. The molecule has 7 nitrogen and oxygen atoms in total. The van der Waals surface area contributed by atoms with Gasteiger partial charge in [0, 0.05) is 29.5 Å². The van der Waals surface area contributed by atoms with Gasteiger partial charge in [-0.25, -0.2) is 14.8 Å². The molecule has 0 amide bonds. The Hall–Kier alpha value is -3.00. The number of hydrogen-bond donors (Lipinski definition) is 0. The Labute approximate surface area is 139 Å². The number of carbonyl (C=O) groups excluding carboxylic acids is 1. The third-order valence-corrected chi connectivity index (χ3v) is 4.50. The quantitative estimate of drug-likeness (QED) is 0.534. The van der Waals surface area contributed by atoms with E-state index in [2.05, 4.69) is 9.97 Å². The van der Waals surface area contributed by atoms with Crippen LogP contribution in [-0.4, -0.2) is 24.7 Å². The van der Waals surface area contributed by atoms with Crippen molar-refractivity contribution in [1.82, 2.24) is 18.8 Å². The van der Waals surface area contributed by atoms with Crippen molar-refractivity contribution in [1.29, 1.82) is 0 Å². The maximum Gasteiger partial charge on any atom is 0.358 e. The van der Waals surface area contributed by atoms with Gasteiger partial charge in [-0.2, -0.15) is 0 Å². The van der Waals surface area contributed by atoms with Crippen molar-refractivity contribution >= 4 is 27.9 Å². The summed E-state index contributed by atoms with van der Waals surface area (Å²) in [6.07, 6.45) is 3.40. The molecule has 0 N–H and O–H groups in total. The molecule has 0 bridgehead atoms. The normalized spacial score (nSPS) is 11.2. The fraction of sp³-hybridized carbons (Fsp3) is 0.125. The number of rotatable bonds is 3. The Morgan fingerprint density at radius 1 is 1.33 bits per heavy atom. The minimum Gasteiger partial charge on any atom is -0.454 e. The summed E-state index contributed by atoms with van der Waals surface area (Å²) in [4.78, 5) is 33.3. The number of pyridine rings is 1. The zero-order chi connectivity index (χ0) is 16.7. The standard InChI is InChI=1S/C16H12N4O3S/c1-10-9-24-16-17-11(6-14(21)20(10)16)8-23-15(22)12-7-19-5-3-2-4-13(19)18-12/h2-7,9H,8H2,1H3. The van der Waals surface area contributed by atoms with Crippen LogP contribution < -0.4 is 5.56 Å². The maximum absolute atomic E-state index is 12.1. The molecule has 0 unspecified atom stereocenters. The first-order valence-corrected chi connectivity index (χ1v) is 8.07. The van der Waals surface area contributed by atoms with Crippen molar-refractivity contribution in [3.05, 3.63) is 69.5 Å². The van der Waals surface area contributed by atoms with Crippen LogP contribution >= 0.6 is 11.3 Å². The largest absolute Gasteiger partial charge is 0.454 e. The number of imidazole rings is 1. The van der Waals surface area contributed by atoms with Crippen LogP contribution in [0, 0.1) is 6.92 Å². The van der Waals surface area contributed by atoms with Crippen molar-refractivity contribution in [2.75, 3.05) is 0 Å². The molecule has 0 saturated heterocycles. The number of aryl methyl sites for hydroxylation is 1. The lowest BCUT2D eigenvalue weighted by atomic mass is 10.4. The lowest BCUT2D eigenvalue weighted by molar-refractivity contribution is 0.0461. The van der Waals surface area contributed by atoms with Crippen LogP contribution in [-0.2, 0) is 11.3 Å². The van der Waals surface area contributed by atoms with E-state index in [0.29, 0.717) is 16.3 Å². The number of carbonyl (C=O) groups is 1. The van der Waals surface area contributed by atoms with Crippen LogP contribution in [0.2, 0.25) is 0 Å². The highest BCUT2D eigenvalue weighted by Gasteiger charge is 2.13. The summed E-state index contributed by atoms with van der Waals surface area (Å²) in [5, 5.41) is 1.86. The molecular weight excluding hydrogens is 328 g/mol. The van der Waals surface area contributed by atoms with Gasteiger partial charge in [0.1, 0.15) is 12.3 Å². The number of hydrogen-bond acceptors (Lipinski definition) is 6. The fourth-order valence-corrected chi connectivity index (χ4v) is 3.31. The molecule has 8 heteroatoms. The summed E-state index contributed by atoms with van der Waals surface area (Å²) in [7, 11) is 0. The average molecular weight is 340 g/mol. The Balaban J connectivity index is 1.56. The highest BCUT2D eigenvalue weighted by molar-refractivity contribution is 7.15. The number of thiazole rings is 1. The van der Waals surface area contributed by atoms with Crippen molar-refractivity contribution < 1.29 is 9.53 Å². The minimum atomic E-state index is -0.553. The van der Waals surface area contributed by atoms with Gasteiger partial charge in [-0.05, 0) is 19.1 Å². The molecule has 0 aliphatic rings. The van der Waals surface area contributed by atoms with E-state index in [9.17, 15) is 9.59 Å². The summed E-state index contributed by atoms with van der Waals surface area (Å²) in [6, 6.07) is 6.86. The molecular formula is C16H12N4O3S. The van der Waals surface area contributed by atoms with Gasteiger partial charge in [-0.1, -0.05) is 6.07 Å². The smallest absolute Gasteiger partial charge is 0.358 e. The van der Waals surface area contributed by atoms with Crippen LogP contribution in [0.1, 0.15) is 21.9 Å². The fourth-order valence-electron chi connectivity index (χ4n) is 2.42. The summed E-state index contributed by atoms with van der Waals surface area (Å²) in [5.41, 5.74) is 1.94. The van der Waals surface area contributed by atoms with Crippen molar-refractivity contribution in [3.8, 4) is 0 Å². The van der Waals surface area contributed by atoms with Gasteiger partial charge in [-0.3, -0.25) is 9.20 Å². The Bertz CT molecular complexity index is 1090. The van der Waals surface area contributed by atoms with Crippen molar-refractivity contribution in [3.63, 3.8) is 0 Å². The van der Waals surface area contributed by atoms with Crippen molar-refractivity contribution in [2.45, 2.75) is 13.5 Å². The molecule has 120 valence electrons. The Morgan fingerprint density at radius 2 is 2.21 bits per heavy atom.